The van der Waals surface area contributed by atoms with Crippen molar-refractivity contribution in [3.8, 4) is 5.75 Å². The highest BCUT2D eigenvalue weighted by Crippen LogP contribution is 2.31. The molecule has 1 rings (SSSR count). The average molecular weight is 332 g/mol. The van der Waals surface area contributed by atoms with Crippen LogP contribution in [0.2, 0.25) is 0 Å². The number of hydrogen-bond acceptors (Lipinski definition) is 6. The molecule has 0 bridgehead atoms. The molecular formula is C13H20N2O6S. The summed E-state index contributed by atoms with van der Waals surface area (Å²) in [6.07, 6.45) is 0. The fourth-order valence-corrected chi connectivity index (χ4v) is 3.95. The Kier molecular flexibility index (Phi) is 6.27. The fraction of sp³-hybridized carbons (Fsp3) is 0.538. The molecular weight excluding hydrogens is 312 g/mol. The van der Waals surface area contributed by atoms with Crippen LogP contribution in [-0.2, 0) is 14.8 Å². The van der Waals surface area contributed by atoms with E-state index in [1.54, 1.807) is 13.8 Å². The van der Waals surface area contributed by atoms with Crippen molar-refractivity contribution in [1.29, 1.82) is 0 Å². The van der Waals surface area contributed by atoms with Gasteiger partial charge in [-0.15, -0.1) is 0 Å². The molecule has 1 aromatic carbocycles. The molecule has 0 radical (unpaired) electrons. The van der Waals surface area contributed by atoms with E-state index in [0.29, 0.717) is 0 Å². The summed E-state index contributed by atoms with van der Waals surface area (Å²) in [5.74, 6) is 0.0636. The molecule has 0 aliphatic carbocycles. The zero-order chi connectivity index (χ0) is 16.9. The Labute approximate surface area is 129 Å². The van der Waals surface area contributed by atoms with E-state index in [9.17, 15) is 18.5 Å². The van der Waals surface area contributed by atoms with Gasteiger partial charge in [-0.1, -0.05) is 6.92 Å². The zero-order valence-electron chi connectivity index (χ0n) is 13.0. The Morgan fingerprint density at radius 1 is 1.36 bits per heavy atom. The molecule has 0 aromatic heterocycles. The maximum absolute atomic E-state index is 12.8. The molecule has 8 nitrogen and oxygen atoms in total. The van der Waals surface area contributed by atoms with E-state index in [4.69, 9.17) is 9.47 Å². The van der Waals surface area contributed by atoms with Gasteiger partial charge in [0.05, 0.1) is 18.6 Å². The SMILES string of the molecule is CCN([C@@H](C)COC)S(=O)(=O)c1cc([N+](=O)[O-])ccc1OC. The number of methoxy groups -OCH3 is 2. The van der Waals surface area contributed by atoms with E-state index < -0.39 is 21.0 Å². The Morgan fingerprint density at radius 2 is 2.00 bits per heavy atom. The van der Waals surface area contributed by atoms with Crippen molar-refractivity contribution >= 4 is 15.7 Å². The van der Waals surface area contributed by atoms with Gasteiger partial charge in [0, 0.05) is 31.8 Å². The lowest BCUT2D eigenvalue weighted by Gasteiger charge is -2.27. The number of rotatable bonds is 8. The molecule has 22 heavy (non-hydrogen) atoms. The lowest BCUT2D eigenvalue weighted by molar-refractivity contribution is -0.385. The molecule has 0 N–H and O–H groups in total. The van der Waals surface area contributed by atoms with Gasteiger partial charge < -0.3 is 9.47 Å². The number of non-ortho nitro benzene ring substituents is 1. The van der Waals surface area contributed by atoms with E-state index in [0.717, 1.165) is 6.07 Å². The van der Waals surface area contributed by atoms with E-state index >= 15 is 0 Å². The number of hydrogen-bond donors (Lipinski definition) is 0. The molecule has 9 heteroatoms. The third-order valence-corrected chi connectivity index (χ3v) is 5.27. The minimum absolute atomic E-state index is 0.0636. The molecule has 0 saturated carbocycles. The number of likely N-dealkylation sites (N-methyl/N-ethyl adjacent to an activating group) is 1. The van der Waals surface area contributed by atoms with Crippen LogP contribution in [0.1, 0.15) is 13.8 Å². The van der Waals surface area contributed by atoms with Crippen LogP contribution in [-0.4, -0.2) is 51.1 Å². The third kappa shape index (κ3) is 3.73. The third-order valence-electron chi connectivity index (χ3n) is 3.16. The van der Waals surface area contributed by atoms with Gasteiger partial charge in [-0.3, -0.25) is 10.1 Å². The molecule has 0 aliphatic rings. The van der Waals surface area contributed by atoms with Crippen molar-refractivity contribution in [3.05, 3.63) is 28.3 Å². The van der Waals surface area contributed by atoms with Gasteiger partial charge >= 0.3 is 0 Å². The molecule has 0 aliphatic heterocycles. The summed E-state index contributed by atoms with van der Waals surface area (Å²) in [5, 5.41) is 10.9. The molecule has 0 heterocycles. The maximum atomic E-state index is 12.8. The van der Waals surface area contributed by atoms with Crippen LogP contribution in [0.5, 0.6) is 5.75 Å². The zero-order valence-corrected chi connectivity index (χ0v) is 13.8. The smallest absolute Gasteiger partial charge is 0.271 e. The number of nitro benzene ring substituents is 1. The van der Waals surface area contributed by atoms with E-state index in [1.807, 2.05) is 0 Å². The Balaban J connectivity index is 3.42. The van der Waals surface area contributed by atoms with Crippen molar-refractivity contribution in [2.45, 2.75) is 24.8 Å². The minimum atomic E-state index is -3.95. The topological polar surface area (TPSA) is 99.0 Å². The summed E-state index contributed by atoms with van der Waals surface area (Å²) >= 11 is 0. The van der Waals surface area contributed by atoms with Crippen molar-refractivity contribution in [3.63, 3.8) is 0 Å². The second kappa shape index (κ2) is 7.52. The van der Waals surface area contributed by atoms with Gasteiger partial charge in [-0.05, 0) is 13.0 Å². The summed E-state index contributed by atoms with van der Waals surface area (Å²) in [7, 11) is -1.16. The van der Waals surface area contributed by atoms with Crippen molar-refractivity contribution in [2.75, 3.05) is 27.4 Å². The number of nitro groups is 1. The molecule has 0 saturated heterocycles. The fourth-order valence-electron chi connectivity index (χ4n) is 2.15. The molecule has 1 atom stereocenters. The molecule has 0 amide bonds. The van der Waals surface area contributed by atoms with Crippen LogP contribution in [0.3, 0.4) is 0 Å². The van der Waals surface area contributed by atoms with E-state index in [1.165, 1.54) is 30.7 Å². The summed E-state index contributed by atoms with van der Waals surface area (Å²) in [5.41, 5.74) is -0.310. The monoisotopic (exact) mass is 332 g/mol. The second-order valence-corrected chi connectivity index (χ2v) is 6.46. The molecule has 0 fully saturated rings. The maximum Gasteiger partial charge on any atom is 0.271 e. The van der Waals surface area contributed by atoms with E-state index in [2.05, 4.69) is 0 Å². The summed E-state index contributed by atoms with van der Waals surface area (Å²) < 4.78 is 36.9. The van der Waals surface area contributed by atoms with Gasteiger partial charge in [-0.25, -0.2) is 8.42 Å². The van der Waals surface area contributed by atoms with Crippen molar-refractivity contribution < 1.29 is 22.8 Å². The largest absolute Gasteiger partial charge is 0.495 e. The number of benzene rings is 1. The Morgan fingerprint density at radius 3 is 2.45 bits per heavy atom. The van der Waals surface area contributed by atoms with Gasteiger partial charge in [0.1, 0.15) is 10.6 Å². The van der Waals surface area contributed by atoms with Gasteiger partial charge in [0.15, 0.2) is 0 Å². The van der Waals surface area contributed by atoms with E-state index in [-0.39, 0.29) is 29.5 Å². The van der Waals surface area contributed by atoms with Crippen LogP contribution in [0.4, 0.5) is 5.69 Å². The molecule has 0 spiro atoms. The molecule has 1 aromatic rings. The number of nitrogens with zero attached hydrogens (tertiary/aromatic N) is 2. The Hall–Kier alpha value is -1.71. The standard InChI is InChI=1S/C13H20N2O6S/c1-5-14(10(2)9-20-3)22(18,19)13-8-11(15(16)17)6-7-12(13)21-4/h6-8,10H,5,9H2,1-4H3/t10-/m0/s1. The summed E-state index contributed by atoms with van der Waals surface area (Å²) in [4.78, 5) is 10.0. The number of ether oxygens (including phenoxy) is 2. The Bertz CT molecular complexity index is 631. The second-order valence-electron chi connectivity index (χ2n) is 4.61. The first-order valence-corrected chi connectivity index (χ1v) is 8.06. The predicted molar refractivity (Wildman–Crippen MR) is 80.6 cm³/mol. The first-order chi connectivity index (χ1) is 10.3. The van der Waals surface area contributed by atoms with Gasteiger partial charge in [0.2, 0.25) is 10.0 Å². The van der Waals surface area contributed by atoms with Gasteiger partial charge in [-0.2, -0.15) is 4.31 Å². The summed E-state index contributed by atoms with van der Waals surface area (Å²) in [6, 6.07) is 3.08. The van der Waals surface area contributed by atoms with Crippen molar-refractivity contribution in [2.24, 2.45) is 0 Å². The lowest BCUT2D eigenvalue weighted by atomic mass is 10.3. The van der Waals surface area contributed by atoms with Crippen LogP contribution in [0.25, 0.3) is 0 Å². The number of sulfonamides is 1. The minimum Gasteiger partial charge on any atom is -0.495 e. The lowest BCUT2D eigenvalue weighted by Crippen LogP contribution is -2.41. The average Bonchev–Trinajstić information content (AvgIpc) is 2.47. The summed E-state index contributed by atoms with van der Waals surface area (Å²) in [6.45, 7) is 3.81. The van der Waals surface area contributed by atoms with Crippen molar-refractivity contribution in [1.82, 2.24) is 4.31 Å². The van der Waals surface area contributed by atoms with Crippen LogP contribution >= 0.6 is 0 Å². The quantitative estimate of drug-likeness (QED) is 0.530. The highest BCUT2D eigenvalue weighted by molar-refractivity contribution is 7.89. The highest BCUT2D eigenvalue weighted by Gasteiger charge is 2.31. The highest BCUT2D eigenvalue weighted by atomic mass is 32.2. The molecule has 124 valence electrons. The van der Waals surface area contributed by atoms with Crippen LogP contribution in [0.15, 0.2) is 23.1 Å². The molecule has 0 unspecified atom stereocenters. The van der Waals surface area contributed by atoms with Gasteiger partial charge in [0.25, 0.3) is 5.69 Å². The first-order valence-electron chi connectivity index (χ1n) is 6.62. The van der Waals surface area contributed by atoms with Crippen LogP contribution in [0, 0.1) is 10.1 Å². The normalized spacial score (nSPS) is 13.1. The predicted octanol–water partition coefficient (Wildman–Crippen LogP) is 1.65. The first kappa shape index (κ1) is 18.3. The van der Waals surface area contributed by atoms with Crippen LogP contribution < -0.4 is 4.74 Å².